The molecule has 0 unspecified atom stereocenters. The van der Waals surface area contributed by atoms with Crippen molar-refractivity contribution >= 4 is 39.0 Å². The van der Waals surface area contributed by atoms with Gasteiger partial charge in [0.1, 0.15) is 0 Å². The van der Waals surface area contributed by atoms with E-state index in [0.29, 0.717) is 34.8 Å². The zero-order valence-corrected chi connectivity index (χ0v) is 23.4. The fourth-order valence-electron chi connectivity index (χ4n) is 5.25. The molecule has 0 bridgehead atoms. The lowest BCUT2D eigenvalue weighted by Crippen LogP contribution is -2.37. The van der Waals surface area contributed by atoms with Crippen molar-refractivity contribution in [3.05, 3.63) is 124 Å². The third-order valence-corrected chi connectivity index (χ3v) is 8.33. The summed E-state index contributed by atoms with van der Waals surface area (Å²) in [5.74, 6) is -0.239. The van der Waals surface area contributed by atoms with Crippen LogP contribution in [0.3, 0.4) is 0 Å². The van der Waals surface area contributed by atoms with E-state index >= 15 is 0 Å². The SMILES string of the molecule is Cc1ccc(S(=O)(=O)O)cc1C[C@H](O)[C@H](c1ccccc1)N1CCc2cc(C(=O)Nc3cccc(Cl)c3)ccc21. The molecule has 4 aromatic carbocycles. The predicted octanol–water partition coefficient (Wildman–Crippen LogP) is 5.85. The Bertz CT molecular complexity index is 1660. The summed E-state index contributed by atoms with van der Waals surface area (Å²) in [6.45, 7) is 2.48. The second-order valence-electron chi connectivity index (χ2n) is 9.94. The highest BCUT2D eigenvalue weighted by atomic mass is 35.5. The Morgan fingerprint density at radius 2 is 1.77 bits per heavy atom. The number of amides is 1. The second-order valence-corrected chi connectivity index (χ2v) is 11.8. The van der Waals surface area contributed by atoms with Crippen LogP contribution in [0.4, 0.5) is 11.4 Å². The number of benzene rings is 4. The van der Waals surface area contributed by atoms with E-state index < -0.39 is 22.3 Å². The second kappa shape index (κ2) is 11.4. The number of nitrogens with zero attached hydrogens (tertiary/aromatic N) is 1. The maximum absolute atomic E-state index is 12.9. The van der Waals surface area contributed by atoms with Gasteiger partial charge in [-0.2, -0.15) is 8.42 Å². The van der Waals surface area contributed by atoms with E-state index in [1.807, 2.05) is 49.4 Å². The molecule has 0 aliphatic carbocycles. The van der Waals surface area contributed by atoms with Crippen LogP contribution in [0.2, 0.25) is 5.02 Å². The van der Waals surface area contributed by atoms with Crippen LogP contribution in [0.5, 0.6) is 0 Å². The molecule has 1 aliphatic heterocycles. The first-order chi connectivity index (χ1) is 19.1. The van der Waals surface area contributed by atoms with Gasteiger partial charge in [-0.05, 0) is 84.1 Å². The Kier molecular flexibility index (Phi) is 7.96. The first kappa shape index (κ1) is 27.9. The van der Waals surface area contributed by atoms with Gasteiger partial charge in [-0.3, -0.25) is 9.35 Å². The Hall–Kier alpha value is -3.69. The van der Waals surface area contributed by atoms with Crippen LogP contribution < -0.4 is 10.2 Å². The van der Waals surface area contributed by atoms with E-state index in [0.717, 1.165) is 22.4 Å². The highest BCUT2D eigenvalue weighted by Gasteiger charge is 2.33. The highest BCUT2D eigenvalue weighted by molar-refractivity contribution is 7.85. The van der Waals surface area contributed by atoms with Gasteiger partial charge in [0.2, 0.25) is 0 Å². The molecule has 1 aliphatic rings. The van der Waals surface area contributed by atoms with Gasteiger partial charge in [-0.1, -0.05) is 54.1 Å². The van der Waals surface area contributed by atoms with Crippen molar-refractivity contribution in [2.24, 2.45) is 0 Å². The number of aryl methyl sites for hydroxylation is 1. The Balaban J connectivity index is 1.43. The van der Waals surface area contributed by atoms with E-state index in [2.05, 4.69) is 10.2 Å². The maximum atomic E-state index is 12.9. The normalized spacial score (nSPS) is 14.4. The summed E-state index contributed by atoms with van der Waals surface area (Å²) in [5, 5.41) is 15.0. The Morgan fingerprint density at radius 1 is 1.00 bits per heavy atom. The number of nitrogens with one attached hydrogen (secondary N) is 1. The summed E-state index contributed by atoms with van der Waals surface area (Å²) < 4.78 is 33.0. The van der Waals surface area contributed by atoms with Gasteiger partial charge in [0.15, 0.2) is 0 Å². The van der Waals surface area contributed by atoms with E-state index in [-0.39, 0.29) is 17.2 Å². The molecule has 40 heavy (non-hydrogen) atoms. The molecule has 7 nitrogen and oxygen atoms in total. The molecule has 4 aromatic rings. The van der Waals surface area contributed by atoms with Crippen LogP contribution in [0.1, 0.15) is 38.7 Å². The number of halogens is 1. The molecule has 206 valence electrons. The van der Waals surface area contributed by atoms with E-state index in [1.54, 1.807) is 36.4 Å². The fraction of sp³-hybridized carbons (Fsp3) is 0.194. The zero-order chi connectivity index (χ0) is 28.4. The number of aliphatic hydroxyl groups is 1. The first-order valence-corrected chi connectivity index (χ1v) is 14.7. The first-order valence-electron chi connectivity index (χ1n) is 12.9. The van der Waals surface area contributed by atoms with Gasteiger partial charge in [-0.25, -0.2) is 0 Å². The van der Waals surface area contributed by atoms with Crippen molar-refractivity contribution in [1.29, 1.82) is 0 Å². The molecule has 1 heterocycles. The zero-order valence-electron chi connectivity index (χ0n) is 21.8. The summed E-state index contributed by atoms with van der Waals surface area (Å²) in [5.41, 5.74) is 5.42. The van der Waals surface area contributed by atoms with Crippen molar-refractivity contribution in [3.8, 4) is 0 Å². The topological polar surface area (TPSA) is 107 Å². The number of rotatable bonds is 8. The van der Waals surface area contributed by atoms with Gasteiger partial charge < -0.3 is 15.3 Å². The molecule has 0 radical (unpaired) electrons. The van der Waals surface area contributed by atoms with Crippen LogP contribution in [0.25, 0.3) is 0 Å². The third-order valence-electron chi connectivity index (χ3n) is 7.24. The third kappa shape index (κ3) is 6.05. The van der Waals surface area contributed by atoms with Crippen LogP contribution in [0, 0.1) is 6.92 Å². The molecule has 0 aromatic heterocycles. The molecule has 0 saturated heterocycles. The monoisotopic (exact) mass is 576 g/mol. The average Bonchev–Trinajstić information content (AvgIpc) is 3.33. The quantitative estimate of drug-likeness (QED) is 0.227. The molecular weight excluding hydrogens is 548 g/mol. The van der Waals surface area contributed by atoms with Gasteiger partial charge in [-0.15, -0.1) is 0 Å². The molecule has 0 spiro atoms. The number of carbonyl (C=O) groups is 1. The van der Waals surface area contributed by atoms with Crippen LogP contribution in [-0.2, 0) is 23.0 Å². The summed E-state index contributed by atoms with van der Waals surface area (Å²) in [6.07, 6.45) is -0.0173. The number of aliphatic hydroxyl groups excluding tert-OH is 1. The Labute approximate surface area is 238 Å². The number of hydrogen-bond acceptors (Lipinski definition) is 5. The van der Waals surface area contributed by atoms with Crippen molar-refractivity contribution in [2.75, 3.05) is 16.8 Å². The number of hydrogen-bond donors (Lipinski definition) is 3. The predicted molar refractivity (Wildman–Crippen MR) is 157 cm³/mol. The highest BCUT2D eigenvalue weighted by Crippen LogP contribution is 2.38. The van der Waals surface area contributed by atoms with Crippen molar-refractivity contribution in [2.45, 2.75) is 36.8 Å². The molecular formula is C31H29ClN2O5S. The largest absolute Gasteiger partial charge is 0.390 e. The fourth-order valence-corrected chi connectivity index (χ4v) is 5.97. The molecule has 2 atom stereocenters. The number of fused-ring (bicyclic) bond motifs is 1. The van der Waals surface area contributed by atoms with Crippen LogP contribution in [-0.4, -0.2) is 36.6 Å². The van der Waals surface area contributed by atoms with Crippen LogP contribution in [0.15, 0.2) is 95.9 Å². The number of anilines is 2. The van der Waals surface area contributed by atoms with E-state index in [9.17, 15) is 22.9 Å². The molecule has 0 fully saturated rings. The minimum absolute atomic E-state index is 0.181. The average molecular weight is 577 g/mol. The summed E-state index contributed by atoms with van der Waals surface area (Å²) in [7, 11) is -4.37. The van der Waals surface area contributed by atoms with E-state index in [4.69, 9.17) is 11.6 Å². The molecule has 5 rings (SSSR count). The van der Waals surface area contributed by atoms with Gasteiger partial charge in [0.25, 0.3) is 16.0 Å². The van der Waals surface area contributed by atoms with Gasteiger partial charge in [0.05, 0.1) is 17.0 Å². The van der Waals surface area contributed by atoms with Gasteiger partial charge in [0, 0.05) is 34.9 Å². The summed E-state index contributed by atoms with van der Waals surface area (Å²) >= 11 is 6.04. The van der Waals surface area contributed by atoms with Gasteiger partial charge >= 0.3 is 0 Å². The smallest absolute Gasteiger partial charge is 0.294 e. The maximum Gasteiger partial charge on any atom is 0.294 e. The standard InChI is InChI=1S/C31H29ClN2O5S/c1-20-10-12-27(40(37,38)39)17-24(20)18-29(35)30(21-6-3-2-4-7-21)34-15-14-22-16-23(11-13-28(22)34)31(36)33-26-9-5-8-25(32)19-26/h2-13,16-17,19,29-30,35H,14-15,18H2,1H3,(H,33,36)(H,37,38,39)/t29-,30-/m0/s1. The number of carbonyl (C=O) groups excluding carboxylic acids is 1. The lowest BCUT2D eigenvalue weighted by Gasteiger charge is -2.35. The molecule has 1 amide bonds. The lowest BCUT2D eigenvalue weighted by molar-refractivity contribution is 0.102. The molecule has 0 saturated carbocycles. The van der Waals surface area contributed by atoms with Crippen molar-refractivity contribution < 1.29 is 22.9 Å². The van der Waals surface area contributed by atoms with E-state index in [1.165, 1.54) is 12.1 Å². The minimum atomic E-state index is -4.37. The summed E-state index contributed by atoms with van der Waals surface area (Å²) in [6, 6.07) is 26.2. The van der Waals surface area contributed by atoms with Crippen LogP contribution >= 0.6 is 11.6 Å². The molecule has 3 N–H and O–H groups in total. The minimum Gasteiger partial charge on any atom is -0.390 e. The van der Waals surface area contributed by atoms with Crippen molar-refractivity contribution in [3.63, 3.8) is 0 Å². The molecule has 9 heteroatoms. The van der Waals surface area contributed by atoms with Crippen molar-refractivity contribution in [1.82, 2.24) is 0 Å². The lowest BCUT2D eigenvalue weighted by atomic mass is 9.93. The Morgan fingerprint density at radius 3 is 2.50 bits per heavy atom. The summed E-state index contributed by atoms with van der Waals surface area (Å²) in [4.78, 5) is 14.9.